The fraction of sp³-hybridized carbons (Fsp3) is 0.158. The third kappa shape index (κ3) is 3.05. The maximum absolute atomic E-state index is 12.7. The molecule has 0 radical (unpaired) electrons. The number of rotatable bonds is 3. The van der Waals surface area contributed by atoms with E-state index in [4.69, 9.17) is 11.6 Å². The highest BCUT2D eigenvalue weighted by Crippen LogP contribution is 2.23. The van der Waals surface area contributed by atoms with Crippen molar-refractivity contribution in [2.45, 2.75) is 20.8 Å². The average Bonchev–Trinajstić information content (AvgIpc) is 2.85. The van der Waals surface area contributed by atoms with Gasteiger partial charge < -0.3 is 5.32 Å². The van der Waals surface area contributed by atoms with Crippen LogP contribution >= 0.6 is 11.6 Å². The van der Waals surface area contributed by atoms with Crippen molar-refractivity contribution in [2.24, 2.45) is 0 Å². The van der Waals surface area contributed by atoms with Crippen LogP contribution in [0.5, 0.6) is 0 Å². The van der Waals surface area contributed by atoms with Gasteiger partial charge in [0.15, 0.2) is 0 Å². The van der Waals surface area contributed by atoms with Gasteiger partial charge in [0.1, 0.15) is 0 Å². The molecule has 5 heteroatoms. The summed E-state index contributed by atoms with van der Waals surface area (Å²) < 4.78 is 1.79. The van der Waals surface area contributed by atoms with E-state index in [9.17, 15) is 4.79 Å². The predicted molar refractivity (Wildman–Crippen MR) is 97.2 cm³/mol. The second-order valence-electron chi connectivity index (χ2n) is 5.71. The first-order valence-corrected chi connectivity index (χ1v) is 8.04. The molecule has 0 aliphatic heterocycles. The first-order valence-electron chi connectivity index (χ1n) is 7.66. The molecule has 0 spiro atoms. The van der Waals surface area contributed by atoms with Gasteiger partial charge in [-0.1, -0.05) is 29.8 Å². The Morgan fingerprint density at radius 3 is 2.46 bits per heavy atom. The van der Waals surface area contributed by atoms with Crippen LogP contribution < -0.4 is 5.32 Å². The predicted octanol–water partition coefficient (Wildman–Crippen LogP) is 4.70. The van der Waals surface area contributed by atoms with E-state index >= 15 is 0 Å². The van der Waals surface area contributed by atoms with Gasteiger partial charge in [-0.05, 0) is 56.7 Å². The summed E-state index contributed by atoms with van der Waals surface area (Å²) in [5.74, 6) is -0.169. The topological polar surface area (TPSA) is 46.9 Å². The summed E-state index contributed by atoms with van der Waals surface area (Å²) in [7, 11) is 0. The molecule has 0 saturated carbocycles. The average molecular weight is 340 g/mol. The summed E-state index contributed by atoms with van der Waals surface area (Å²) in [6.45, 7) is 5.65. The van der Waals surface area contributed by atoms with Gasteiger partial charge in [-0.15, -0.1) is 0 Å². The van der Waals surface area contributed by atoms with Crippen molar-refractivity contribution in [3.63, 3.8) is 0 Å². The van der Waals surface area contributed by atoms with Gasteiger partial charge in [0.05, 0.1) is 22.6 Å². The Labute approximate surface area is 146 Å². The van der Waals surface area contributed by atoms with Gasteiger partial charge in [-0.3, -0.25) is 4.79 Å². The van der Waals surface area contributed by atoms with E-state index in [0.717, 1.165) is 22.6 Å². The maximum atomic E-state index is 12.7. The van der Waals surface area contributed by atoms with Crippen molar-refractivity contribution < 1.29 is 4.79 Å². The Balaban J connectivity index is 1.95. The number of nitrogens with zero attached hydrogens (tertiary/aromatic N) is 2. The van der Waals surface area contributed by atoms with E-state index in [0.29, 0.717) is 16.3 Å². The van der Waals surface area contributed by atoms with E-state index in [1.54, 1.807) is 10.7 Å². The lowest BCUT2D eigenvalue weighted by Crippen LogP contribution is -2.15. The quantitative estimate of drug-likeness (QED) is 0.751. The fourth-order valence-electron chi connectivity index (χ4n) is 2.74. The molecule has 0 unspecified atom stereocenters. The van der Waals surface area contributed by atoms with Gasteiger partial charge in [0.25, 0.3) is 5.91 Å². The number of anilines is 1. The number of hydrogen-bond acceptors (Lipinski definition) is 2. The highest BCUT2D eigenvalue weighted by atomic mass is 35.5. The monoisotopic (exact) mass is 339 g/mol. The number of carbonyl (C=O) groups excluding carboxylic acids is 1. The molecule has 0 bridgehead atoms. The molecule has 0 aliphatic carbocycles. The zero-order valence-corrected chi connectivity index (χ0v) is 14.6. The van der Waals surface area contributed by atoms with Crippen LogP contribution in [0.2, 0.25) is 5.02 Å². The second-order valence-corrected chi connectivity index (χ2v) is 6.14. The Hall–Kier alpha value is -2.59. The highest BCUT2D eigenvalue weighted by Gasteiger charge is 2.20. The smallest absolute Gasteiger partial charge is 0.259 e. The summed E-state index contributed by atoms with van der Waals surface area (Å²) >= 11 is 5.97. The molecular weight excluding hydrogens is 322 g/mol. The van der Waals surface area contributed by atoms with Gasteiger partial charge in [0, 0.05) is 10.7 Å². The first kappa shape index (κ1) is 16.3. The SMILES string of the molecule is Cc1cc(Cl)ccc1NC(=O)c1c(C)nn(-c2ccccc2)c1C. The molecule has 3 aromatic rings. The van der Waals surface area contributed by atoms with Gasteiger partial charge >= 0.3 is 0 Å². The number of aryl methyl sites for hydroxylation is 2. The number of aromatic nitrogens is 2. The third-order valence-corrected chi connectivity index (χ3v) is 4.19. The van der Waals surface area contributed by atoms with E-state index in [1.165, 1.54) is 0 Å². The minimum Gasteiger partial charge on any atom is -0.322 e. The van der Waals surface area contributed by atoms with E-state index in [1.807, 2.05) is 63.2 Å². The highest BCUT2D eigenvalue weighted by molar-refractivity contribution is 6.30. The van der Waals surface area contributed by atoms with Crippen LogP contribution in [-0.2, 0) is 0 Å². The van der Waals surface area contributed by atoms with Crippen molar-refractivity contribution in [1.82, 2.24) is 9.78 Å². The molecular formula is C19H18ClN3O. The van der Waals surface area contributed by atoms with Crippen molar-refractivity contribution in [1.29, 1.82) is 0 Å². The number of para-hydroxylation sites is 1. The molecule has 2 aromatic carbocycles. The summed E-state index contributed by atoms with van der Waals surface area (Å²) in [6.07, 6.45) is 0. The summed E-state index contributed by atoms with van der Waals surface area (Å²) in [6, 6.07) is 15.2. The standard InChI is InChI=1S/C19H18ClN3O/c1-12-11-15(20)9-10-17(12)21-19(24)18-13(2)22-23(14(18)3)16-7-5-4-6-8-16/h4-11H,1-3H3,(H,21,24). The normalized spacial score (nSPS) is 10.7. The minimum absolute atomic E-state index is 0.169. The molecule has 0 saturated heterocycles. The molecule has 1 aromatic heterocycles. The third-order valence-electron chi connectivity index (χ3n) is 3.96. The Morgan fingerprint density at radius 1 is 1.08 bits per heavy atom. The largest absolute Gasteiger partial charge is 0.322 e. The summed E-state index contributed by atoms with van der Waals surface area (Å²) in [5.41, 5.74) is 4.69. The zero-order valence-electron chi connectivity index (χ0n) is 13.8. The van der Waals surface area contributed by atoms with Crippen LogP contribution in [0.3, 0.4) is 0 Å². The molecule has 1 heterocycles. The van der Waals surface area contributed by atoms with Crippen LogP contribution in [-0.4, -0.2) is 15.7 Å². The minimum atomic E-state index is -0.169. The summed E-state index contributed by atoms with van der Waals surface area (Å²) in [5, 5.41) is 8.11. The first-order chi connectivity index (χ1) is 11.5. The zero-order chi connectivity index (χ0) is 17.3. The van der Waals surface area contributed by atoms with E-state index in [2.05, 4.69) is 10.4 Å². The molecule has 0 atom stereocenters. The van der Waals surface area contributed by atoms with Crippen LogP contribution in [0, 0.1) is 20.8 Å². The number of benzene rings is 2. The van der Waals surface area contributed by atoms with Crippen molar-refractivity contribution >= 4 is 23.2 Å². The van der Waals surface area contributed by atoms with Crippen LogP contribution in [0.15, 0.2) is 48.5 Å². The van der Waals surface area contributed by atoms with Gasteiger partial charge in [-0.25, -0.2) is 4.68 Å². The Morgan fingerprint density at radius 2 is 1.79 bits per heavy atom. The number of halogens is 1. The van der Waals surface area contributed by atoms with Crippen molar-refractivity contribution in [2.75, 3.05) is 5.32 Å². The Bertz CT molecular complexity index is 900. The molecule has 4 nitrogen and oxygen atoms in total. The van der Waals surface area contributed by atoms with Gasteiger partial charge in [-0.2, -0.15) is 5.10 Å². The van der Waals surface area contributed by atoms with Crippen LogP contribution in [0.25, 0.3) is 5.69 Å². The Kier molecular flexibility index (Phi) is 4.40. The second kappa shape index (κ2) is 6.49. The lowest BCUT2D eigenvalue weighted by atomic mass is 10.1. The molecule has 1 N–H and O–H groups in total. The molecule has 3 rings (SSSR count). The molecule has 24 heavy (non-hydrogen) atoms. The summed E-state index contributed by atoms with van der Waals surface area (Å²) in [4.78, 5) is 12.7. The lowest BCUT2D eigenvalue weighted by molar-refractivity contribution is 0.102. The maximum Gasteiger partial charge on any atom is 0.259 e. The van der Waals surface area contributed by atoms with Crippen molar-refractivity contribution in [3.05, 3.63) is 76.1 Å². The number of nitrogens with one attached hydrogen (secondary N) is 1. The fourth-order valence-corrected chi connectivity index (χ4v) is 2.97. The molecule has 0 aliphatic rings. The lowest BCUT2D eigenvalue weighted by Gasteiger charge is -2.09. The van der Waals surface area contributed by atoms with Gasteiger partial charge in [0.2, 0.25) is 0 Å². The van der Waals surface area contributed by atoms with Crippen LogP contribution in [0.4, 0.5) is 5.69 Å². The number of amides is 1. The van der Waals surface area contributed by atoms with Crippen LogP contribution in [0.1, 0.15) is 27.3 Å². The molecule has 0 fully saturated rings. The molecule has 122 valence electrons. The number of carbonyl (C=O) groups is 1. The number of hydrogen-bond donors (Lipinski definition) is 1. The van der Waals surface area contributed by atoms with E-state index in [-0.39, 0.29) is 5.91 Å². The van der Waals surface area contributed by atoms with Crippen molar-refractivity contribution in [3.8, 4) is 5.69 Å². The molecule has 1 amide bonds. The van der Waals surface area contributed by atoms with E-state index < -0.39 is 0 Å².